The van der Waals surface area contributed by atoms with Gasteiger partial charge < -0.3 is 5.32 Å². The fourth-order valence-corrected chi connectivity index (χ4v) is 3.23. The van der Waals surface area contributed by atoms with Crippen LogP contribution in [0.1, 0.15) is 38.8 Å². The second-order valence-electron chi connectivity index (χ2n) is 5.80. The van der Waals surface area contributed by atoms with E-state index in [2.05, 4.69) is 41.2 Å². The maximum absolute atomic E-state index is 4.45. The molecule has 0 aromatic carbocycles. The molecule has 106 valence electrons. The summed E-state index contributed by atoms with van der Waals surface area (Å²) in [6.45, 7) is 10.2. The Bertz CT molecular complexity index is 358. The van der Waals surface area contributed by atoms with Gasteiger partial charge in [0.25, 0.3) is 0 Å². The highest BCUT2D eigenvalue weighted by molar-refractivity contribution is 5.03. The lowest BCUT2D eigenvalue weighted by Gasteiger charge is -2.34. The van der Waals surface area contributed by atoms with E-state index in [9.17, 15) is 0 Å². The van der Waals surface area contributed by atoms with Gasteiger partial charge in [-0.2, -0.15) is 0 Å². The van der Waals surface area contributed by atoms with Crippen molar-refractivity contribution in [1.29, 1.82) is 0 Å². The molecule has 1 aliphatic rings. The summed E-state index contributed by atoms with van der Waals surface area (Å²) in [6.07, 6.45) is 5.82. The summed E-state index contributed by atoms with van der Waals surface area (Å²) in [6, 6.07) is 6.19. The molecule has 2 heterocycles. The predicted molar refractivity (Wildman–Crippen MR) is 80.0 cm³/mol. The van der Waals surface area contributed by atoms with E-state index in [1.54, 1.807) is 0 Å². The second-order valence-corrected chi connectivity index (χ2v) is 5.80. The third kappa shape index (κ3) is 4.02. The van der Waals surface area contributed by atoms with E-state index in [1.807, 2.05) is 12.3 Å². The first-order valence-electron chi connectivity index (χ1n) is 7.61. The Balaban J connectivity index is 1.97. The van der Waals surface area contributed by atoms with Crippen molar-refractivity contribution < 1.29 is 0 Å². The van der Waals surface area contributed by atoms with Gasteiger partial charge in [-0.25, -0.2) is 0 Å². The lowest BCUT2D eigenvalue weighted by molar-refractivity contribution is 0.151. The van der Waals surface area contributed by atoms with Crippen molar-refractivity contribution in [3.05, 3.63) is 30.1 Å². The first kappa shape index (κ1) is 14.5. The fourth-order valence-electron chi connectivity index (χ4n) is 3.23. The number of hydrogen-bond donors (Lipinski definition) is 1. The van der Waals surface area contributed by atoms with Crippen LogP contribution < -0.4 is 5.32 Å². The average molecular weight is 261 g/mol. The molecule has 1 aliphatic heterocycles. The number of rotatable bonds is 7. The van der Waals surface area contributed by atoms with Gasteiger partial charge in [0.15, 0.2) is 0 Å². The molecule has 0 spiro atoms. The van der Waals surface area contributed by atoms with Crippen molar-refractivity contribution in [3.8, 4) is 0 Å². The monoisotopic (exact) mass is 261 g/mol. The van der Waals surface area contributed by atoms with Gasteiger partial charge in [0.1, 0.15) is 0 Å². The van der Waals surface area contributed by atoms with Gasteiger partial charge in [-0.15, -0.1) is 0 Å². The Morgan fingerprint density at radius 2 is 2.26 bits per heavy atom. The van der Waals surface area contributed by atoms with Crippen molar-refractivity contribution in [1.82, 2.24) is 15.2 Å². The largest absolute Gasteiger partial charge is 0.316 e. The molecule has 0 aliphatic carbocycles. The number of pyridine rings is 1. The summed E-state index contributed by atoms with van der Waals surface area (Å²) >= 11 is 0. The Kier molecular flexibility index (Phi) is 5.34. The van der Waals surface area contributed by atoms with Gasteiger partial charge in [0.2, 0.25) is 0 Å². The molecule has 1 saturated heterocycles. The molecule has 1 aromatic heterocycles. The maximum atomic E-state index is 4.45. The Morgan fingerprint density at radius 3 is 2.84 bits per heavy atom. The lowest BCUT2D eigenvalue weighted by atomic mass is 9.82. The highest BCUT2D eigenvalue weighted by Gasteiger charge is 2.34. The van der Waals surface area contributed by atoms with Crippen molar-refractivity contribution in [2.75, 3.05) is 26.2 Å². The first-order valence-corrected chi connectivity index (χ1v) is 7.61. The molecule has 0 saturated carbocycles. The minimum Gasteiger partial charge on any atom is -0.316 e. The number of aromatic nitrogens is 1. The molecule has 0 radical (unpaired) electrons. The third-order valence-electron chi connectivity index (χ3n) is 4.23. The average Bonchev–Trinajstić information content (AvgIpc) is 2.88. The molecule has 1 aromatic rings. The van der Waals surface area contributed by atoms with Crippen molar-refractivity contribution in [2.45, 2.75) is 39.7 Å². The topological polar surface area (TPSA) is 28.2 Å². The Morgan fingerprint density at radius 1 is 1.37 bits per heavy atom. The summed E-state index contributed by atoms with van der Waals surface area (Å²) in [5.74, 6) is 0. The van der Waals surface area contributed by atoms with Crippen LogP contribution in [-0.2, 0) is 6.54 Å². The number of nitrogens with zero attached hydrogens (tertiary/aromatic N) is 2. The Labute approximate surface area is 117 Å². The molecule has 1 unspecified atom stereocenters. The van der Waals surface area contributed by atoms with Crippen LogP contribution in [0.15, 0.2) is 24.4 Å². The van der Waals surface area contributed by atoms with Crippen molar-refractivity contribution in [2.24, 2.45) is 5.41 Å². The van der Waals surface area contributed by atoms with E-state index >= 15 is 0 Å². The zero-order chi connectivity index (χ0) is 13.6. The highest BCUT2D eigenvalue weighted by Crippen LogP contribution is 2.32. The smallest absolute Gasteiger partial charge is 0.0543 e. The number of nitrogens with one attached hydrogen (secondary N) is 1. The second kappa shape index (κ2) is 7.01. The molecule has 1 N–H and O–H groups in total. The lowest BCUT2D eigenvalue weighted by Crippen LogP contribution is -2.39. The summed E-state index contributed by atoms with van der Waals surface area (Å²) in [5.41, 5.74) is 1.67. The van der Waals surface area contributed by atoms with E-state index in [0.717, 1.165) is 13.1 Å². The Hall–Kier alpha value is -0.930. The zero-order valence-corrected chi connectivity index (χ0v) is 12.4. The standard InChI is InChI=1S/C16H27N3/c1-3-8-16(9-11-17-13-16)14-19(4-2)12-15-7-5-6-10-18-15/h5-7,10,17H,3-4,8-9,11-14H2,1-2H3. The molecular weight excluding hydrogens is 234 g/mol. The molecule has 0 bridgehead atoms. The van der Waals surface area contributed by atoms with Crippen LogP contribution in [0.3, 0.4) is 0 Å². The zero-order valence-electron chi connectivity index (χ0n) is 12.4. The summed E-state index contributed by atoms with van der Waals surface area (Å²) in [5, 5.41) is 3.55. The predicted octanol–water partition coefficient (Wildman–Crippen LogP) is 2.68. The van der Waals surface area contributed by atoms with E-state index in [-0.39, 0.29) is 0 Å². The summed E-state index contributed by atoms with van der Waals surface area (Å²) in [4.78, 5) is 7.00. The first-order chi connectivity index (χ1) is 9.28. The molecule has 3 heteroatoms. The van der Waals surface area contributed by atoms with Crippen LogP contribution in [0.4, 0.5) is 0 Å². The van der Waals surface area contributed by atoms with Crippen LogP contribution >= 0.6 is 0 Å². The molecule has 3 nitrogen and oxygen atoms in total. The molecule has 2 rings (SSSR count). The van der Waals surface area contributed by atoms with Gasteiger partial charge in [-0.05, 0) is 43.5 Å². The molecule has 1 atom stereocenters. The van der Waals surface area contributed by atoms with Crippen LogP contribution in [-0.4, -0.2) is 36.1 Å². The van der Waals surface area contributed by atoms with Crippen LogP contribution in [0.25, 0.3) is 0 Å². The third-order valence-corrected chi connectivity index (χ3v) is 4.23. The van der Waals surface area contributed by atoms with E-state index < -0.39 is 0 Å². The normalized spacial score (nSPS) is 23.1. The fraction of sp³-hybridized carbons (Fsp3) is 0.688. The maximum Gasteiger partial charge on any atom is 0.0543 e. The number of hydrogen-bond acceptors (Lipinski definition) is 3. The summed E-state index contributed by atoms with van der Waals surface area (Å²) in [7, 11) is 0. The summed E-state index contributed by atoms with van der Waals surface area (Å²) < 4.78 is 0. The minimum absolute atomic E-state index is 0.486. The van der Waals surface area contributed by atoms with Crippen LogP contribution in [0.2, 0.25) is 0 Å². The highest BCUT2D eigenvalue weighted by atomic mass is 15.1. The molecule has 1 fully saturated rings. The van der Waals surface area contributed by atoms with E-state index in [4.69, 9.17) is 0 Å². The van der Waals surface area contributed by atoms with Gasteiger partial charge in [-0.1, -0.05) is 26.3 Å². The van der Waals surface area contributed by atoms with Crippen LogP contribution in [0, 0.1) is 5.41 Å². The van der Waals surface area contributed by atoms with E-state index in [0.29, 0.717) is 5.41 Å². The van der Waals surface area contributed by atoms with Crippen molar-refractivity contribution in [3.63, 3.8) is 0 Å². The van der Waals surface area contributed by atoms with Crippen molar-refractivity contribution >= 4 is 0 Å². The molecular formula is C16H27N3. The van der Waals surface area contributed by atoms with Gasteiger partial charge in [-0.3, -0.25) is 9.88 Å². The quantitative estimate of drug-likeness (QED) is 0.818. The van der Waals surface area contributed by atoms with Gasteiger partial charge in [0, 0.05) is 25.8 Å². The van der Waals surface area contributed by atoms with Gasteiger partial charge in [0.05, 0.1) is 5.69 Å². The minimum atomic E-state index is 0.486. The van der Waals surface area contributed by atoms with E-state index in [1.165, 1.54) is 44.6 Å². The SMILES string of the molecule is CCCC1(CN(CC)Cc2ccccn2)CCNC1. The molecule has 0 amide bonds. The van der Waals surface area contributed by atoms with Gasteiger partial charge >= 0.3 is 0 Å². The van der Waals surface area contributed by atoms with Crippen LogP contribution in [0.5, 0.6) is 0 Å². The molecule has 19 heavy (non-hydrogen) atoms.